The van der Waals surface area contributed by atoms with Crippen molar-refractivity contribution in [2.45, 2.75) is 89.9 Å². The molecule has 3 aromatic heterocycles. The normalized spacial score (nSPS) is 15.2. The SMILES string of the molecule is Cc1ccc(C(=O)Cc2ccc(CN3CCN(C)CC3)c(C(F)(F)F)c2)cc1C#Cc1cnc2cc(OCCOCCOCCOCCOCCOCCOCCNC(=O)c3cccc(C4=C5CCC(OCCOCCOCCOCCOCCOCCCC(=O)c6cccc(-c7cc(Cc8ccc(OC(F)(F)F)cc8)ncn7)c6)CCCC5C=NN4)c3)cnn12. The fourth-order valence-corrected chi connectivity index (χ4v) is 14.1. The maximum Gasteiger partial charge on any atom is 0.573 e. The number of hydrazone groups is 1. The zero-order valence-electron chi connectivity index (χ0n) is 71.4. The molecule has 2 unspecified atom stereocenters. The van der Waals surface area contributed by atoms with Crippen molar-refractivity contribution < 1.29 is 107 Å². The number of halogens is 6. The number of piperazine rings is 1. The largest absolute Gasteiger partial charge is 0.573 e. The third-order valence-electron chi connectivity index (χ3n) is 20.8. The lowest BCUT2D eigenvalue weighted by atomic mass is 9.83. The van der Waals surface area contributed by atoms with Crippen LogP contribution < -0.4 is 20.2 Å². The molecule has 2 aliphatic heterocycles. The van der Waals surface area contributed by atoms with E-state index in [1.165, 1.54) is 30.1 Å². The van der Waals surface area contributed by atoms with Crippen LogP contribution in [0.15, 0.2) is 151 Å². The molecule has 5 aromatic carbocycles. The minimum absolute atomic E-state index is 0.0254. The molecule has 8 aromatic rings. The Balaban J connectivity index is 0.446. The Morgan fingerprint density at radius 2 is 1.16 bits per heavy atom. The highest BCUT2D eigenvalue weighted by Gasteiger charge is 2.35. The summed E-state index contributed by atoms with van der Waals surface area (Å²) in [5, 5.41) is 11.9. The number of alkyl halides is 6. The van der Waals surface area contributed by atoms with Crippen LogP contribution in [0.2, 0.25) is 0 Å². The molecular formula is C93H112F6N10O17. The number of ketones is 2. The number of aromatic nitrogens is 5. The second-order valence-corrected chi connectivity index (χ2v) is 30.2. The van der Waals surface area contributed by atoms with Crippen molar-refractivity contribution in [1.29, 1.82) is 0 Å². The lowest BCUT2D eigenvalue weighted by Gasteiger charge is -2.33. The second kappa shape index (κ2) is 52.3. The molecule has 3 aliphatic rings. The van der Waals surface area contributed by atoms with Gasteiger partial charge in [-0.3, -0.25) is 24.7 Å². The molecular weight excluding hydrogens is 1640 g/mol. The maximum atomic E-state index is 14.3. The van der Waals surface area contributed by atoms with E-state index in [0.717, 1.165) is 79.2 Å². The van der Waals surface area contributed by atoms with Crippen LogP contribution in [0.25, 0.3) is 22.6 Å². The Hall–Kier alpha value is -10.0. The first-order chi connectivity index (χ1) is 61.3. The zero-order chi connectivity index (χ0) is 88.4. The van der Waals surface area contributed by atoms with E-state index in [9.17, 15) is 40.7 Å². The molecule has 5 heterocycles. The van der Waals surface area contributed by atoms with E-state index in [1.807, 2.05) is 49.4 Å². The highest BCUT2D eigenvalue weighted by molar-refractivity contribution is 5.98. The lowest BCUT2D eigenvalue weighted by Crippen LogP contribution is -2.44. The van der Waals surface area contributed by atoms with Crippen molar-refractivity contribution in [3.05, 3.63) is 213 Å². The molecule has 1 amide bonds. The minimum atomic E-state index is -4.76. The summed E-state index contributed by atoms with van der Waals surface area (Å²) >= 11 is 0. The summed E-state index contributed by atoms with van der Waals surface area (Å²) in [7, 11) is 2.00. The predicted molar refractivity (Wildman–Crippen MR) is 458 cm³/mol. The van der Waals surface area contributed by atoms with E-state index in [1.54, 1.807) is 89.7 Å². The number of carbonyl (C=O) groups excluding carboxylic acids is 3. The average molecular weight is 1760 g/mol. The first kappa shape index (κ1) is 96.6. The van der Waals surface area contributed by atoms with E-state index < -0.39 is 18.1 Å². The molecule has 27 nitrogen and oxygen atoms in total. The Kier molecular flexibility index (Phi) is 40.1. The Morgan fingerprint density at radius 3 is 1.82 bits per heavy atom. The molecule has 1 saturated heterocycles. The number of allylic oxidation sites excluding steroid dienone is 1. The summed E-state index contributed by atoms with van der Waals surface area (Å²) in [4.78, 5) is 57.1. The van der Waals surface area contributed by atoms with Gasteiger partial charge in [0.15, 0.2) is 17.2 Å². The summed E-state index contributed by atoms with van der Waals surface area (Å²) in [6.07, 6.45) is 2.90. The lowest BCUT2D eigenvalue weighted by molar-refractivity contribution is -0.274. The smallest absolute Gasteiger partial charge is 0.489 e. The van der Waals surface area contributed by atoms with Crippen LogP contribution >= 0.6 is 0 Å². The molecule has 2 fully saturated rings. The van der Waals surface area contributed by atoms with Gasteiger partial charge in [0, 0.05) is 122 Å². The molecule has 0 radical (unpaired) electrons. The highest BCUT2D eigenvalue weighted by atomic mass is 19.4. The highest BCUT2D eigenvalue weighted by Crippen LogP contribution is 2.37. The summed E-state index contributed by atoms with van der Waals surface area (Å²) in [5.41, 5.74) is 12.8. The Bertz CT molecular complexity index is 4830. The fraction of sp³-hybridized carbons (Fsp3) is 0.484. The van der Waals surface area contributed by atoms with Gasteiger partial charge in [-0.25, -0.2) is 19.5 Å². The number of rotatable bonds is 54. The summed E-state index contributed by atoms with van der Waals surface area (Å²) in [6, 6.07) is 33.3. The third-order valence-corrected chi connectivity index (χ3v) is 20.8. The number of amides is 1. The van der Waals surface area contributed by atoms with Gasteiger partial charge in [0.1, 0.15) is 30.1 Å². The number of benzene rings is 5. The van der Waals surface area contributed by atoms with Crippen molar-refractivity contribution in [1.82, 2.24) is 45.1 Å². The number of fused-ring (bicyclic) bond motifs is 2. The van der Waals surface area contributed by atoms with Gasteiger partial charge < -0.3 is 76.5 Å². The number of hydrogen-bond acceptors (Lipinski definition) is 25. The van der Waals surface area contributed by atoms with Gasteiger partial charge in [0.05, 0.1) is 181 Å². The van der Waals surface area contributed by atoms with Gasteiger partial charge in [-0.15, -0.1) is 13.2 Å². The first-order valence-electron chi connectivity index (χ1n) is 42.7. The van der Waals surface area contributed by atoms with E-state index in [-0.39, 0.29) is 60.4 Å². The molecule has 33 heteroatoms. The molecule has 126 heavy (non-hydrogen) atoms. The number of ether oxygens (including phenoxy) is 14. The van der Waals surface area contributed by atoms with E-state index in [2.05, 4.69) is 57.4 Å². The third kappa shape index (κ3) is 33.6. The zero-order valence-corrected chi connectivity index (χ0v) is 71.4. The van der Waals surface area contributed by atoms with Crippen molar-refractivity contribution in [3.63, 3.8) is 0 Å². The molecule has 0 spiro atoms. The molecule has 2 atom stereocenters. The van der Waals surface area contributed by atoms with Crippen molar-refractivity contribution in [2.75, 3.05) is 198 Å². The summed E-state index contributed by atoms with van der Waals surface area (Å²) < 4.78 is 160. The first-order valence-corrected chi connectivity index (χ1v) is 42.7. The van der Waals surface area contributed by atoms with E-state index in [0.29, 0.717) is 247 Å². The Labute approximate surface area is 730 Å². The van der Waals surface area contributed by atoms with Crippen molar-refractivity contribution in [2.24, 2.45) is 11.0 Å². The van der Waals surface area contributed by atoms with E-state index >= 15 is 0 Å². The molecule has 678 valence electrons. The van der Waals surface area contributed by atoms with Crippen LogP contribution in [0.1, 0.15) is 126 Å². The van der Waals surface area contributed by atoms with Crippen LogP contribution in [0.5, 0.6) is 11.5 Å². The monoisotopic (exact) mass is 1750 g/mol. The molecule has 2 N–H and O–H groups in total. The minimum Gasteiger partial charge on any atom is -0.489 e. The van der Waals surface area contributed by atoms with Crippen LogP contribution in [0.3, 0.4) is 0 Å². The number of nitrogens with zero attached hydrogens (tertiary/aromatic N) is 8. The summed E-state index contributed by atoms with van der Waals surface area (Å²) in [5.74, 6) is 6.07. The van der Waals surface area contributed by atoms with Gasteiger partial charge in [-0.2, -0.15) is 23.4 Å². The fourth-order valence-electron chi connectivity index (χ4n) is 14.1. The molecule has 11 rings (SSSR count). The standard InChI is InChI=1S/C93H112F6N10O17/c1-68-14-18-74(88(111)57-70-15-19-78(85(56-70)92(94,95)96)66-108-29-27-107(2)28-30-108)58-71(68)20-21-80-64-101-89-62-83(65-105-109(80)89)125-54-52-123-50-48-121-46-44-119-42-41-118-40-38-116-36-34-114-32-26-100-91(112)76-10-4-9-75(60-76)90-84-25-24-81(12-5-11-77(84)63-104-106-90)124-53-51-122-49-47-120-45-43-117-39-37-115-35-33-113-31-6-13-87(110)73-8-3-7-72(59-73)86-61-79(102-67-103-86)55-69-16-22-82(23-17-69)126-93(97,98)99/h3-4,7-10,14-19,22-23,56,58-65,67,77,81,106H,5-6,11-13,24-55,57,66H2,1-2H3,(H,100,112). The van der Waals surface area contributed by atoms with E-state index in [4.69, 9.17) is 61.6 Å². The number of likely N-dealkylation sites (N-methyl/N-ethyl adjacent to an activating group) is 1. The average Bonchev–Trinajstić information content (AvgIpc) is 0.868. The number of nitrogens with one attached hydrogen (secondary N) is 2. The van der Waals surface area contributed by atoms with Gasteiger partial charge in [-0.05, 0) is 135 Å². The van der Waals surface area contributed by atoms with Gasteiger partial charge >= 0.3 is 12.5 Å². The number of aryl methyl sites for hydroxylation is 1. The number of carbonyl (C=O) groups is 3. The van der Waals surface area contributed by atoms with Crippen LogP contribution in [-0.4, -0.2) is 269 Å². The predicted octanol–water partition coefficient (Wildman–Crippen LogP) is 12.5. The Morgan fingerprint density at radius 1 is 0.556 bits per heavy atom. The molecule has 0 bridgehead atoms. The van der Waals surface area contributed by atoms with Crippen molar-refractivity contribution in [3.8, 4) is 34.6 Å². The van der Waals surface area contributed by atoms with Gasteiger partial charge in [0.25, 0.3) is 5.91 Å². The van der Waals surface area contributed by atoms with Crippen LogP contribution in [0.4, 0.5) is 26.3 Å². The van der Waals surface area contributed by atoms with Crippen LogP contribution in [-0.2, 0) is 82.4 Å². The summed E-state index contributed by atoms with van der Waals surface area (Å²) in [6.45, 7) is 14.8. The van der Waals surface area contributed by atoms with Gasteiger partial charge in [0.2, 0.25) is 0 Å². The molecule has 1 saturated carbocycles. The van der Waals surface area contributed by atoms with Crippen LogP contribution in [0, 0.1) is 24.7 Å². The van der Waals surface area contributed by atoms with Crippen molar-refractivity contribution >= 4 is 35.0 Å². The maximum absolute atomic E-state index is 14.3. The quantitative estimate of drug-likeness (QED) is 0.0155. The number of imidazole rings is 1. The molecule has 1 aliphatic carbocycles. The second-order valence-electron chi connectivity index (χ2n) is 30.2. The number of hydrogen-bond donors (Lipinski definition) is 2. The van der Waals surface area contributed by atoms with Gasteiger partial charge in [-0.1, -0.05) is 72.7 Å². The number of Topliss-reactive ketones (excluding diaryl/α,β-unsaturated/α-hetero) is 2. The topological polar surface area (TPSA) is 279 Å².